The van der Waals surface area contributed by atoms with E-state index in [1.54, 1.807) is 36.4 Å². The highest BCUT2D eigenvalue weighted by atomic mass is 16.5. The summed E-state index contributed by atoms with van der Waals surface area (Å²) >= 11 is 0. The minimum atomic E-state index is -0.322. The number of phenolic OH excluding ortho intramolecular Hbond substituents is 1. The fourth-order valence-electron chi connectivity index (χ4n) is 4.14. The molecule has 0 aromatic heterocycles. The molecule has 0 bridgehead atoms. The van der Waals surface area contributed by atoms with Crippen LogP contribution in [0.4, 0.5) is 11.4 Å². The fourth-order valence-corrected chi connectivity index (χ4v) is 4.14. The van der Waals surface area contributed by atoms with Crippen LogP contribution >= 0.6 is 0 Å². The average molecular weight is 531 g/mol. The van der Waals surface area contributed by atoms with Crippen molar-refractivity contribution in [3.63, 3.8) is 0 Å². The number of rotatable bonds is 12. The zero-order valence-corrected chi connectivity index (χ0v) is 24.1. The van der Waals surface area contributed by atoms with E-state index in [2.05, 4.69) is 70.4 Å². The zero-order chi connectivity index (χ0) is 28.6. The van der Waals surface area contributed by atoms with Gasteiger partial charge in [-0.25, -0.2) is 0 Å². The summed E-state index contributed by atoms with van der Waals surface area (Å²) in [5.74, 6) is 0.252. The van der Waals surface area contributed by atoms with E-state index in [1.165, 1.54) is 17.2 Å². The number of ether oxygens (including phenoxy) is 1. The lowest BCUT2D eigenvalue weighted by molar-refractivity contribution is -0.116. The first-order valence-electron chi connectivity index (χ1n) is 13.7. The van der Waals surface area contributed by atoms with Gasteiger partial charge < -0.3 is 20.5 Å². The molecule has 0 aliphatic rings. The first kappa shape index (κ1) is 29.8. The zero-order valence-electron chi connectivity index (χ0n) is 24.1. The number of aromatic hydroxyl groups is 1. The Labute approximate surface area is 232 Å². The molecule has 3 aromatic carbocycles. The predicted molar refractivity (Wildman–Crippen MR) is 159 cm³/mol. The largest absolute Gasteiger partial charge is 0.506 e. The minimum absolute atomic E-state index is 0.0265. The van der Waals surface area contributed by atoms with Gasteiger partial charge in [-0.1, -0.05) is 71.9 Å². The van der Waals surface area contributed by atoms with Gasteiger partial charge in [0.2, 0.25) is 5.91 Å². The molecule has 0 saturated heterocycles. The van der Waals surface area contributed by atoms with Crippen molar-refractivity contribution in [3.05, 3.63) is 83.4 Å². The van der Waals surface area contributed by atoms with Gasteiger partial charge >= 0.3 is 0 Å². The van der Waals surface area contributed by atoms with E-state index >= 15 is 0 Å². The molecule has 6 nitrogen and oxygen atoms in total. The Morgan fingerprint density at radius 1 is 0.846 bits per heavy atom. The minimum Gasteiger partial charge on any atom is -0.506 e. The smallest absolute Gasteiger partial charge is 0.255 e. The van der Waals surface area contributed by atoms with Crippen LogP contribution in [0.25, 0.3) is 0 Å². The third kappa shape index (κ3) is 7.85. The Morgan fingerprint density at radius 3 is 2.18 bits per heavy atom. The lowest BCUT2D eigenvalue weighted by atomic mass is 9.76. The topological polar surface area (TPSA) is 87.7 Å². The molecule has 3 aromatic rings. The van der Waals surface area contributed by atoms with Crippen molar-refractivity contribution in [3.8, 4) is 11.5 Å². The van der Waals surface area contributed by atoms with Gasteiger partial charge in [0.25, 0.3) is 5.91 Å². The van der Waals surface area contributed by atoms with E-state index in [0.717, 1.165) is 18.6 Å². The summed E-state index contributed by atoms with van der Waals surface area (Å²) < 4.78 is 6.18. The van der Waals surface area contributed by atoms with Crippen molar-refractivity contribution in [2.24, 2.45) is 0 Å². The van der Waals surface area contributed by atoms with Crippen molar-refractivity contribution in [2.45, 2.75) is 78.1 Å². The summed E-state index contributed by atoms with van der Waals surface area (Å²) in [6.07, 6.45) is 2.87. The van der Waals surface area contributed by atoms with E-state index in [0.29, 0.717) is 24.3 Å². The number of benzene rings is 3. The quantitative estimate of drug-likeness (QED) is 0.165. The van der Waals surface area contributed by atoms with Crippen LogP contribution in [0, 0.1) is 0 Å². The molecule has 0 fully saturated rings. The second-order valence-corrected chi connectivity index (χ2v) is 11.2. The second kappa shape index (κ2) is 12.8. The van der Waals surface area contributed by atoms with Gasteiger partial charge in [0.15, 0.2) is 0 Å². The number of hydrogen-bond donors (Lipinski definition) is 3. The number of hydrogen-bond acceptors (Lipinski definition) is 4. The van der Waals surface area contributed by atoms with Gasteiger partial charge in [-0.15, -0.1) is 0 Å². The summed E-state index contributed by atoms with van der Waals surface area (Å²) in [7, 11) is 0. The molecular formula is C33H42N2O4. The van der Waals surface area contributed by atoms with Gasteiger partial charge in [-0.05, 0) is 66.0 Å². The first-order chi connectivity index (χ1) is 18.5. The Kier molecular flexibility index (Phi) is 9.79. The van der Waals surface area contributed by atoms with E-state index in [1.807, 2.05) is 6.07 Å². The van der Waals surface area contributed by atoms with Gasteiger partial charge in [-0.3, -0.25) is 9.59 Å². The molecule has 0 unspecified atom stereocenters. The summed E-state index contributed by atoms with van der Waals surface area (Å²) in [6, 6.07) is 19.9. The molecule has 3 rings (SSSR count). The molecule has 0 aliphatic carbocycles. The molecule has 6 heteroatoms. The van der Waals surface area contributed by atoms with E-state index in [9.17, 15) is 14.7 Å². The molecule has 208 valence electrons. The summed E-state index contributed by atoms with van der Waals surface area (Å²) in [5.41, 5.74) is 3.79. The van der Waals surface area contributed by atoms with Gasteiger partial charge in [0, 0.05) is 29.3 Å². The Bertz CT molecular complexity index is 1280. The van der Waals surface area contributed by atoms with E-state index in [4.69, 9.17) is 4.74 Å². The van der Waals surface area contributed by atoms with E-state index < -0.39 is 0 Å². The van der Waals surface area contributed by atoms with Crippen LogP contribution in [0.2, 0.25) is 0 Å². The summed E-state index contributed by atoms with van der Waals surface area (Å²) in [4.78, 5) is 24.9. The number of phenols is 1. The third-order valence-electron chi connectivity index (χ3n) is 7.63. The normalized spacial score (nSPS) is 11.6. The Morgan fingerprint density at radius 2 is 1.54 bits per heavy atom. The number of carbonyl (C=O) groups is 2. The SMILES string of the molecule is CCC(C)(C)c1ccc(OCCCC(=O)Nc2ccc(NC(=O)c3ccccc3)c(O)c2)c(C(C)(C)CC)c1. The first-order valence-corrected chi connectivity index (χ1v) is 13.7. The van der Waals surface area contributed by atoms with Gasteiger partial charge in [0.05, 0.1) is 12.3 Å². The number of nitrogens with one attached hydrogen (secondary N) is 2. The maximum absolute atomic E-state index is 12.5. The second-order valence-electron chi connectivity index (χ2n) is 11.2. The summed E-state index contributed by atoms with van der Waals surface area (Å²) in [5, 5.41) is 15.8. The molecule has 0 spiro atoms. The van der Waals surface area contributed by atoms with Gasteiger partial charge in [0.1, 0.15) is 11.5 Å². The Balaban J connectivity index is 1.55. The molecule has 0 aliphatic heterocycles. The maximum atomic E-state index is 12.5. The standard InChI is InChI=1S/C33H42N2O4/c1-7-32(3,4)24-16-19-29(26(21-24)33(5,6)8-2)39-20-12-15-30(37)34-25-17-18-27(28(36)22-25)35-31(38)23-13-10-9-11-14-23/h9-11,13-14,16-19,21-22,36H,7-8,12,15,20H2,1-6H3,(H,34,37)(H,35,38). The van der Waals surface area contributed by atoms with Gasteiger partial charge in [-0.2, -0.15) is 0 Å². The summed E-state index contributed by atoms with van der Waals surface area (Å²) in [6.45, 7) is 13.8. The predicted octanol–water partition coefficient (Wildman–Crippen LogP) is 7.82. The molecule has 0 saturated carbocycles. The van der Waals surface area contributed by atoms with Crippen LogP contribution in [-0.4, -0.2) is 23.5 Å². The molecule has 0 radical (unpaired) electrons. The number of carbonyl (C=O) groups excluding carboxylic acids is 2. The highest BCUT2D eigenvalue weighted by molar-refractivity contribution is 6.05. The number of anilines is 2. The highest BCUT2D eigenvalue weighted by Gasteiger charge is 2.26. The lowest BCUT2D eigenvalue weighted by Gasteiger charge is -2.30. The molecular weight excluding hydrogens is 488 g/mol. The fraction of sp³-hybridized carbons (Fsp3) is 0.394. The number of amides is 2. The van der Waals surface area contributed by atoms with E-state index in [-0.39, 0.29) is 40.5 Å². The van der Waals surface area contributed by atoms with Crippen LogP contribution in [0.1, 0.15) is 88.7 Å². The molecule has 3 N–H and O–H groups in total. The van der Waals surface area contributed by atoms with Crippen molar-refractivity contribution < 1.29 is 19.4 Å². The average Bonchev–Trinajstić information content (AvgIpc) is 2.93. The van der Waals surface area contributed by atoms with Crippen LogP contribution < -0.4 is 15.4 Å². The highest BCUT2D eigenvalue weighted by Crippen LogP contribution is 2.38. The van der Waals surface area contributed by atoms with Crippen molar-refractivity contribution >= 4 is 23.2 Å². The monoisotopic (exact) mass is 530 g/mol. The van der Waals surface area contributed by atoms with Crippen molar-refractivity contribution in [1.29, 1.82) is 0 Å². The van der Waals surface area contributed by atoms with Crippen LogP contribution in [0.15, 0.2) is 66.7 Å². The maximum Gasteiger partial charge on any atom is 0.255 e. The molecule has 0 atom stereocenters. The van der Waals surface area contributed by atoms with Crippen molar-refractivity contribution in [1.82, 2.24) is 0 Å². The third-order valence-corrected chi connectivity index (χ3v) is 7.63. The van der Waals surface area contributed by atoms with Crippen LogP contribution in [0.3, 0.4) is 0 Å². The molecule has 39 heavy (non-hydrogen) atoms. The Hall–Kier alpha value is -3.80. The van der Waals surface area contributed by atoms with Crippen LogP contribution in [-0.2, 0) is 15.6 Å². The lowest BCUT2D eigenvalue weighted by Crippen LogP contribution is -2.21. The molecule has 2 amide bonds. The molecule has 0 heterocycles. The van der Waals surface area contributed by atoms with Crippen molar-refractivity contribution in [2.75, 3.05) is 17.2 Å². The van der Waals surface area contributed by atoms with Crippen LogP contribution in [0.5, 0.6) is 11.5 Å².